The molecule has 0 spiro atoms. The maximum Gasteiger partial charge on any atom is 0.235 e. The summed E-state index contributed by atoms with van der Waals surface area (Å²) in [6.45, 7) is 6.54. The molecule has 5 rings (SSSR count). The van der Waals surface area contributed by atoms with Crippen LogP contribution in [0.1, 0.15) is 54.1 Å². The standard InChI is InChI=1S/C25H29N7OS/c1-17-18(2)31(15-19-8-4-3-5-9-19)23(21(17)14-26)27-22(33)16-34-25-29-28-24(30-12-6-7-13-30)32(25)20-10-11-20/h3-5,8-9,20H,6-7,10-13,15-16H2,1-2H3,(H,27,33). The zero-order valence-electron chi connectivity index (χ0n) is 19.6. The molecular weight excluding hydrogens is 446 g/mol. The van der Waals surface area contributed by atoms with Gasteiger partial charge in [-0.05, 0) is 50.7 Å². The van der Waals surface area contributed by atoms with Crippen LogP contribution in [0.3, 0.4) is 0 Å². The molecule has 0 radical (unpaired) electrons. The van der Waals surface area contributed by atoms with E-state index in [9.17, 15) is 10.1 Å². The third kappa shape index (κ3) is 4.42. The number of nitrogens with zero attached hydrogens (tertiary/aromatic N) is 6. The summed E-state index contributed by atoms with van der Waals surface area (Å²) in [5, 5.41) is 22.5. The van der Waals surface area contributed by atoms with Crippen molar-refractivity contribution in [2.75, 3.05) is 29.1 Å². The van der Waals surface area contributed by atoms with E-state index in [1.54, 1.807) is 0 Å². The predicted molar refractivity (Wildman–Crippen MR) is 133 cm³/mol. The van der Waals surface area contributed by atoms with Crippen molar-refractivity contribution in [3.8, 4) is 6.07 Å². The zero-order chi connectivity index (χ0) is 23.7. The van der Waals surface area contributed by atoms with Crippen molar-refractivity contribution in [2.24, 2.45) is 0 Å². The molecule has 1 aromatic carbocycles. The number of carbonyl (C=O) groups is 1. The summed E-state index contributed by atoms with van der Waals surface area (Å²) < 4.78 is 4.24. The number of rotatable bonds is 8. The monoisotopic (exact) mass is 475 g/mol. The van der Waals surface area contributed by atoms with Gasteiger partial charge in [0.1, 0.15) is 11.9 Å². The van der Waals surface area contributed by atoms with Crippen LogP contribution in [0.2, 0.25) is 0 Å². The van der Waals surface area contributed by atoms with Gasteiger partial charge in [-0.3, -0.25) is 9.36 Å². The lowest BCUT2D eigenvalue weighted by atomic mass is 10.2. The number of nitriles is 1. The average Bonchev–Trinajstić information content (AvgIpc) is 3.28. The highest BCUT2D eigenvalue weighted by Crippen LogP contribution is 2.41. The second-order valence-corrected chi connectivity index (χ2v) is 9.97. The molecule has 0 unspecified atom stereocenters. The Balaban J connectivity index is 1.33. The summed E-state index contributed by atoms with van der Waals surface area (Å²) in [4.78, 5) is 15.3. The number of carbonyl (C=O) groups excluding carboxylic acids is 1. The van der Waals surface area contributed by atoms with Gasteiger partial charge in [0.25, 0.3) is 0 Å². The molecule has 34 heavy (non-hydrogen) atoms. The fourth-order valence-electron chi connectivity index (χ4n) is 4.55. The smallest absolute Gasteiger partial charge is 0.235 e. The number of anilines is 2. The van der Waals surface area contributed by atoms with Crippen LogP contribution < -0.4 is 10.2 Å². The highest BCUT2D eigenvalue weighted by Gasteiger charge is 2.32. The topological polar surface area (TPSA) is 91.8 Å². The number of hydrogen-bond donors (Lipinski definition) is 1. The van der Waals surface area contributed by atoms with E-state index < -0.39 is 0 Å². The molecule has 2 aromatic heterocycles. The molecule has 0 atom stereocenters. The lowest BCUT2D eigenvalue weighted by Crippen LogP contribution is -2.22. The maximum atomic E-state index is 13.0. The SMILES string of the molecule is Cc1c(C#N)c(NC(=O)CSc2nnc(N3CCCC3)n2C2CC2)n(Cc2ccccc2)c1C. The molecule has 1 saturated carbocycles. The van der Waals surface area contributed by atoms with Crippen LogP contribution in [0.25, 0.3) is 0 Å². The first-order chi connectivity index (χ1) is 16.6. The Morgan fingerprint density at radius 2 is 1.91 bits per heavy atom. The molecular formula is C25H29N7OS. The Morgan fingerprint density at radius 3 is 2.59 bits per heavy atom. The van der Waals surface area contributed by atoms with Crippen molar-refractivity contribution >= 4 is 29.4 Å². The van der Waals surface area contributed by atoms with Crippen LogP contribution in [0.4, 0.5) is 11.8 Å². The molecule has 9 heteroatoms. The molecule has 1 aliphatic heterocycles. The average molecular weight is 476 g/mol. The van der Waals surface area contributed by atoms with Gasteiger partial charge in [0.05, 0.1) is 11.3 Å². The predicted octanol–water partition coefficient (Wildman–Crippen LogP) is 4.28. The molecule has 8 nitrogen and oxygen atoms in total. The summed E-state index contributed by atoms with van der Waals surface area (Å²) in [5.74, 6) is 1.57. The van der Waals surface area contributed by atoms with Crippen molar-refractivity contribution in [1.82, 2.24) is 19.3 Å². The van der Waals surface area contributed by atoms with Crippen molar-refractivity contribution in [2.45, 2.75) is 57.3 Å². The summed E-state index contributed by atoms with van der Waals surface area (Å²) in [5.41, 5.74) is 3.50. The third-order valence-electron chi connectivity index (χ3n) is 6.66. The first-order valence-corrected chi connectivity index (χ1v) is 12.8. The molecule has 3 heterocycles. The quantitative estimate of drug-likeness (QED) is 0.489. The fraction of sp³-hybridized carbons (Fsp3) is 0.440. The Morgan fingerprint density at radius 1 is 1.18 bits per heavy atom. The molecule has 176 valence electrons. The number of hydrogen-bond acceptors (Lipinski definition) is 6. The molecule has 1 N–H and O–H groups in total. The van der Waals surface area contributed by atoms with Gasteiger partial charge in [-0.25, -0.2) is 0 Å². The van der Waals surface area contributed by atoms with Gasteiger partial charge in [0, 0.05) is 31.4 Å². The van der Waals surface area contributed by atoms with Gasteiger partial charge in [0.15, 0.2) is 5.16 Å². The van der Waals surface area contributed by atoms with Crippen LogP contribution in [0.5, 0.6) is 0 Å². The molecule has 2 aliphatic rings. The minimum atomic E-state index is -0.151. The van der Waals surface area contributed by atoms with Crippen LogP contribution in [-0.2, 0) is 11.3 Å². The minimum Gasteiger partial charge on any atom is -0.341 e. The van der Waals surface area contributed by atoms with Crippen molar-refractivity contribution in [1.29, 1.82) is 5.26 Å². The van der Waals surface area contributed by atoms with Crippen molar-refractivity contribution in [3.63, 3.8) is 0 Å². The van der Waals surface area contributed by atoms with Gasteiger partial charge in [0.2, 0.25) is 11.9 Å². The number of thioether (sulfide) groups is 1. The zero-order valence-corrected chi connectivity index (χ0v) is 20.4. The largest absolute Gasteiger partial charge is 0.341 e. The van der Waals surface area contributed by atoms with E-state index >= 15 is 0 Å². The maximum absolute atomic E-state index is 13.0. The Hall–Kier alpha value is -3.25. The number of aromatic nitrogens is 4. The summed E-state index contributed by atoms with van der Waals surface area (Å²) in [6.07, 6.45) is 4.64. The lowest BCUT2D eigenvalue weighted by Gasteiger charge is -2.18. The summed E-state index contributed by atoms with van der Waals surface area (Å²) in [6, 6.07) is 12.8. The second kappa shape index (κ2) is 9.55. The summed E-state index contributed by atoms with van der Waals surface area (Å²) >= 11 is 1.42. The van der Waals surface area contributed by atoms with E-state index in [0.717, 1.165) is 53.9 Å². The van der Waals surface area contributed by atoms with Gasteiger partial charge >= 0.3 is 0 Å². The van der Waals surface area contributed by atoms with E-state index in [2.05, 4.69) is 31.1 Å². The first-order valence-electron chi connectivity index (χ1n) is 11.8. The number of benzene rings is 1. The van der Waals surface area contributed by atoms with E-state index in [1.165, 1.54) is 24.6 Å². The van der Waals surface area contributed by atoms with Gasteiger partial charge in [-0.15, -0.1) is 10.2 Å². The first kappa shape index (κ1) is 22.5. The normalized spacial score (nSPS) is 15.5. The van der Waals surface area contributed by atoms with Crippen LogP contribution in [-0.4, -0.2) is 44.1 Å². The molecule has 0 bridgehead atoms. The van der Waals surface area contributed by atoms with Crippen LogP contribution in [0, 0.1) is 25.2 Å². The molecule has 1 amide bonds. The summed E-state index contributed by atoms with van der Waals surface area (Å²) in [7, 11) is 0. The Labute approximate surface area is 204 Å². The minimum absolute atomic E-state index is 0.151. The molecule has 3 aromatic rings. The number of nitrogens with one attached hydrogen (secondary N) is 1. The highest BCUT2D eigenvalue weighted by molar-refractivity contribution is 7.99. The Bertz CT molecular complexity index is 1230. The van der Waals surface area contributed by atoms with E-state index in [1.807, 2.05) is 48.7 Å². The van der Waals surface area contributed by atoms with Crippen LogP contribution in [0.15, 0.2) is 35.5 Å². The van der Waals surface area contributed by atoms with E-state index in [0.29, 0.717) is 24.0 Å². The van der Waals surface area contributed by atoms with Gasteiger partial charge in [-0.1, -0.05) is 42.1 Å². The van der Waals surface area contributed by atoms with Crippen molar-refractivity contribution < 1.29 is 4.79 Å². The second-order valence-electron chi connectivity index (χ2n) is 9.03. The van der Waals surface area contributed by atoms with E-state index in [4.69, 9.17) is 0 Å². The van der Waals surface area contributed by atoms with E-state index in [-0.39, 0.29) is 11.7 Å². The fourth-order valence-corrected chi connectivity index (χ4v) is 5.35. The third-order valence-corrected chi connectivity index (χ3v) is 7.61. The van der Waals surface area contributed by atoms with Crippen molar-refractivity contribution in [3.05, 3.63) is 52.7 Å². The van der Waals surface area contributed by atoms with Gasteiger partial charge < -0.3 is 14.8 Å². The lowest BCUT2D eigenvalue weighted by molar-refractivity contribution is -0.113. The molecule has 2 fully saturated rings. The molecule has 1 aliphatic carbocycles. The van der Waals surface area contributed by atoms with Crippen LogP contribution >= 0.6 is 11.8 Å². The van der Waals surface area contributed by atoms with Gasteiger partial charge in [-0.2, -0.15) is 5.26 Å². The Kier molecular flexibility index (Phi) is 6.33. The molecule has 1 saturated heterocycles. The number of amides is 1. The highest BCUT2D eigenvalue weighted by atomic mass is 32.2.